The van der Waals surface area contributed by atoms with E-state index in [0.29, 0.717) is 4.21 Å². The molecule has 0 amide bonds. The molecular weight excluding hydrogens is 306 g/mol. The average molecular weight is 332 g/mol. The van der Waals surface area contributed by atoms with Crippen LogP contribution >= 0.6 is 11.3 Å². The fourth-order valence-electron chi connectivity index (χ4n) is 2.54. The second-order valence-corrected chi connectivity index (χ2v) is 8.53. The number of thiophene rings is 1. The monoisotopic (exact) mass is 331 g/mol. The summed E-state index contributed by atoms with van der Waals surface area (Å²) in [6, 6.07) is 1.81. The van der Waals surface area contributed by atoms with Crippen LogP contribution < -0.4 is 10.0 Å². The minimum atomic E-state index is -3.38. The van der Waals surface area contributed by atoms with Crippen LogP contribution in [-0.4, -0.2) is 46.0 Å². The van der Waals surface area contributed by atoms with Crippen molar-refractivity contribution >= 4 is 21.4 Å². The van der Waals surface area contributed by atoms with Gasteiger partial charge < -0.3 is 10.2 Å². The van der Waals surface area contributed by atoms with Gasteiger partial charge in [0, 0.05) is 19.1 Å². The van der Waals surface area contributed by atoms with Gasteiger partial charge in [0.05, 0.1) is 0 Å². The van der Waals surface area contributed by atoms with Gasteiger partial charge in [-0.3, -0.25) is 0 Å². The summed E-state index contributed by atoms with van der Waals surface area (Å²) in [5, 5.41) is 5.21. The van der Waals surface area contributed by atoms with E-state index < -0.39 is 10.0 Å². The molecule has 7 heteroatoms. The summed E-state index contributed by atoms with van der Waals surface area (Å²) >= 11 is 1.30. The highest BCUT2D eigenvalue weighted by Gasteiger charge is 2.24. The molecular formula is C14H25N3O2S2. The molecule has 5 nitrogen and oxygen atoms in total. The van der Waals surface area contributed by atoms with E-state index in [1.54, 1.807) is 6.07 Å². The molecule has 2 rings (SSSR count). The quantitative estimate of drug-likeness (QED) is 0.746. The minimum absolute atomic E-state index is 0.0255. The zero-order valence-electron chi connectivity index (χ0n) is 12.8. The molecule has 1 unspecified atom stereocenters. The molecule has 0 spiro atoms. The van der Waals surface area contributed by atoms with Gasteiger partial charge in [-0.25, -0.2) is 13.1 Å². The lowest BCUT2D eigenvalue weighted by molar-refractivity contribution is 0.242. The highest BCUT2D eigenvalue weighted by atomic mass is 32.2. The molecule has 1 aliphatic rings. The number of likely N-dealkylation sites (N-methyl/N-ethyl adjacent to an activating group) is 1. The van der Waals surface area contributed by atoms with Crippen LogP contribution in [0.25, 0.3) is 0 Å². The first kappa shape index (κ1) is 16.9. The fourth-order valence-corrected chi connectivity index (χ4v) is 5.02. The Balaban J connectivity index is 1.95. The van der Waals surface area contributed by atoms with Gasteiger partial charge in [-0.1, -0.05) is 6.92 Å². The Morgan fingerprint density at radius 2 is 2.29 bits per heavy atom. The van der Waals surface area contributed by atoms with Crippen LogP contribution in [0.4, 0.5) is 0 Å². The van der Waals surface area contributed by atoms with Crippen LogP contribution in [-0.2, 0) is 16.6 Å². The van der Waals surface area contributed by atoms with Crippen LogP contribution in [0.5, 0.6) is 0 Å². The number of likely N-dealkylation sites (tertiary alicyclic amines) is 1. The van der Waals surface area contributed by atoms with E-state index in [0.717, 1.165) is 51.0 Å². The molecule has 0 bridgehead atoms. The number of sulfonamides is 1. The van der Waals surface area contributed by atoms with E-state index in [9.17, 15) is 8.42 Å². The van der Waals surface area contributed by atoms with Gasteiger partial charge in [0.2, 0.25) is 10.0 Å². The minimum Gasteiger partial charge on any atom is -0.313 e. The van der Waals surface area contributed by atoms with Crippen molar-refractivity contribution in [1.29, 1.82) is 0 Å². The lowest BCUT2D eigenvalue weighted by atomic mass is 10.1. The molecule has 1 aromatic heterocycles. The number of rotatable bonds is 7. The molecule has 2 N–H and O–H groups in total. The van der Waals surface area contributed by atoms with Crippen molar-refractivity contribution in [1.82, 2.24) is 14.9 Å². The van der Waals surface area contributed by atoms with Gasteiger partial charge >= 0.3 is 0 Å². The Labute approximate surface area is 131 Å². The van der Waals surface area contributed by atoms with Gasteiger partial charge in [-0.2, -0.15) is 0 Å². The zero-order chi connectivity index (χ0) is 15.3. The largest absolute Gasteiger partial charge is 0.313 e. The summed E-state index contributed by atoms with van der Waals surface area (Å²) in [6.45, 7) is 5.62. The van der Waals surface area contributed by atoms with Crippen LogP contribution in [0.1, 0.15) is 31.7 Å². The Hall–Kier alpha value is -0.470. The van der Waals surface area contributed by atoms with Gasteiger partial charge in [0.1, 0.15) is 4.21 Å². The van der Waals surface area contributed by atoms with Crippen molar-refractivity contribution < 1.29 is 8.42 Å². The maximum atomic E-state index is 12.4. The number of piperidine rings is 1. The average Bonchev–Trinajstić information content (AvgIpc) is 2.88. The topological polar surface area (TPSA) is 61.4 Å². The van der Waals surface area contributed by atoms with Crippen LogP contribution in [0, 0.1) is 0 Å². The summed E-state index contributed by atoms with van der Waals surface area (Å²) in [4.78, 5) is 2.17. The number of nitrogens with zero attached hydrogens (tertiary/aromatic N) is 1. The van der Waals surface area contributed by atoms with Crippen LogP contribution in [0.15, 0.2) is 15.7 Å². The van der Waals surface area contributed by atoms with Crippen molar-refractivity contribution in [2.24, 2.45) is 0 Å². The standard InChI is InChI=1S/C14H25N3O2S2/c1-3-6-15-9-12-8-14(20-11-12)21(18,19)16-13-5-4-7-17(2)10-13/h8,11,13,15-16H,3-7,9-10H2,1-2H3. The number of hydrogen-bond acceptors (Lipinski definition) is 5. The van der Waals surface area contributed by atoms with Crippen molar-refractivity contribution in [2.45, 2.75) is 43.0 Å². The molecule has 1 aromatic rings. The van der Waals surface area contributed by atoms with Gasteiger partial charge in [0.15, 0.2) is 0 Å². The summed E-state index contributed by atoms with van der Waals surface area (Å²) < 4.78 is 28.1. The van der Waals surface area contributed by atoms with E-state index in [4.69, 9.17) is 0 Å². The molecule has 1 saturated heterocycles. The van der Waals surface area contributed by atoms with Crippen molar-refractivity contribution in [3.05, 3.63) is 17.0 Å². The molecule has 21 heavy (non-hydrogen) atoms. The lowest BCUT2D eigenvalue weighted by Gasteiger charge is -2.29. The Morgan fingerprint density at radius 1 is 1.48 bits per heavy atom. The molecule has 0 aliphatic carbocycles. The third-order valence-electron chi connectivity index (χ3n) is 3.60. The smallest absolute Gasteiger partial charge is 0.250 e. The SMILES string of the molecule is CCCNCc1csc(S(=O)(=O)NC2CCCN(C)C2)c1. The maximum absolute atomic E-state index is 12.4. The molecule has 2 heterocycles. The van der Waals surface area contributed by atoms with E-state index >= 15 is 0 Å². The lowest BCUT2D eigenvalue weighted by Crippen LogP contribution is -2.46. The third kappa shape index (κ3) is 5.03. The summed E-state index contributed by atoms with van der Waals surface area (Å²) in [6.07, 6.45) is 3.03. The van der Waals surface area contributed by atoms with Gasteiger partial charge in [-0.05, 0) is 56.4 Å². The number of nitrogens with one attached hydrogen (secondary N) is 2. The normalized spacial score (nSPS) is 20.8. The molecule has 1 atom stereocenters. The van der Waals surface area contributed by atoms with Gasteiger partial charge in [0.25, 0.3) is 0 Å². The Bertz CT molecular complexity index is 542. The van der Waals surface area contributed by atoms with Crippen LogP contribution in [0.2, 0.25) is 0 Å². The van der Waals surface area contributed by atoms with Crippen molar-refractivity contribution in [3.8, 4) is 0 Å². The maximum Gasteiger partial charge on any atom is 0.250 e. The van der Waals surface area contributed by atoms with E-state index in [1.165, 1.54) is 11.3 Å². The zero-order valence-corrected chi connectivity index (χ0v) is 14.4. The first-order valence-corrected chi connectivity index (χ1v) is 9.86. The highest BCUT2D eigenvalue weighted by Crippen LogP contribution is 2.21. The Kier molecular flexibility index (Phi) is 6.19. The first-order chi connectivity index (χ1) is 10.0. The van der Waals surface area contributed by atoms with Crippen LogP contribution in [0.3, 0.4) is 0 Å². The molecule has 1 fully saturated rings. The second kappa shape index (κ2) is 7.69. The number of hydrogen-bond donors (Lipinski definition) is 2. The van der Waals surface area contributed by atoms with E-state index in [2.05, 4.69) is 21.9 Å². The van der Waals surface area contributed by atoms with Crippen molar-refractivity contribution in [2.75, 3.05) is 26.7 Å². The van der Waals surface area contributed by atoms with E-state index in [1.807, 2.05) is 12.4 Å². The summed E-state index contributed by atoms with van der Waals surface area (Å²) in [5.74, 6) is 0. The predicted octanol–water partition coefficient (Wildman–Crippen LogP) is 1.62. The fraction of sp³-hybridized carbons (Fsp3) is 0.714. The molecule has 0 aromatic carbocycles. The highest BCUT2D eigenvalue weighted by molar-refractivity contribution is 7.91. The summed E-state index contributed by atoms with van der Waals surface area (Å²) in [7, 11) is -1.35. The predicted molar refractivity (Wildman–Crippen MR) is 87.2 cm³/mol. The molecule has 120 valence electrons. The molecule has 0 saturated carbocycles. The first-order valence-electron chi connectivity index (χ1n) is 7.50. The Morgan fingerprint density at radius 3 is 3.00 bits per heavy atom. The van der Waals surface area contributed by atoms with E-state index in [-0.39, 0.29) is 6.04 Å². The summed E-state index contributed by atoms with van der Waals surface area (Å²) in [5.41, 5.74) is 1.04. The second-order valence-electron chi connectivity index (χ2n) is 5.67. The molecule has 0 radical (unpaired) electrons. The van der Waals surface area contributed by atoms with Gasteiger partial charge in [-0.15, -0.1) is 11.3 Å². The van der Waals surface area contributed by atoms with Crippen molar-refractivity contribution in [3.63, 3.8) is 0 Å². The third-order valence-corrected chi connectivity index (χ3v) is 6.61. The molecule has 1 aliphatic heterocycles.